The Morgan fingerprint density at radius 3 is 3.10 bits per heavy atom. The lowest BCUT2D eigenvalue weighted by Crippen LogP contribution is -2.42. The van der Waals surface area contributed by atoms with Crippen molar-refractivity contribution in [1.29, 1.82) is 0 Å². The van der Waals surface area contributed by atoms with E-state index in [1.165, 1.54) is 5.75 Å². The fourth-order valence-electron chi connectivity index (χ4n) is 1.16. The third kappa shape index (κ3) is 2.15. The maximum Gasteiger partial charge on any atom is 0.0741 e. The minimum absolute atomic E-state index is 0.263. The topological polar surface area (TPSA) is 35.2 Å². The van der Waals surface area contributed by atoms with Gasteiger partial charge in [0.15, 0.2) is 0 Å². The molecule has 0 radical (unpaired) electrons. The van der Waals surface area contributed by atoms with Crippen molar-refractivity contribution in [3.63, 3.8) is 0 Å². The Labute approximate surface area is 66.5 Å². The summed E-state index contributed by atoms with van der Waals surface area (Å²) >= 11 is 1.93. The molecule has 1 heterocycles. The second-order valence-electron chi connectivity index (χ2n) is 2.52. The molecule has 1 rings (SSSR count). The molecule has 0 aromatic rings. The van der Waals surface area contributed by atoms with Crippen LogP contribution in [0.1, 0.15) is 13.3 Å². The molecule has 2 nitrogen and oxygen atoms in total. The average molecular weight is 161 g/mol. The van der Waals surface area contributed by atoms with E-state index < -0.39 is 0 Å². The normalized spacial score (nSPS) is 34.2. The largest absolute Gasteiger partial charge is 0.377 e. The summed E-state index contributed by atoms with van der Waals surface area (Å²) < 4.78 is 5.46. The van der Waals surface area contributed by atoms with Crippen LogP contribution >= 0.6 is 11.8 Å². The van der Waals surface area contributed by atoms with Crippen molar-refractivity contribution in [1.82, 2.24) is 0 Å². The van der Waals surface area contributed by atoms with Gasteiger partial charge in [-0.05, 0) is 19.1 Å². The van der Waals surface area contributed by atoms with E-state index in [-0.39, 0.29) is 6.04 Å². The molecule has 0 aliphatic carbocycles. The highest BCUT2D eigenvalue weighted by atomic mass is 32.2. The van der Waals surface area contributed by atoms with Crippen LogP contribution in [0.25, 0.3) is 0 Å². The molecule has 2 atom stereocenters. The molecule has 0 amide bonds. The number of thioether (sulfide) groups is 1. The van der Waals surface area contributed by atoms with Crippen molar-refractivity contribution in [2.24, 2.45) is 5.73 Å². The molecule has 0 aromatic heterocycles. The summed E-state index contributed by atoms with van der Waals surface area (Å²) in [6, 6.07) is 0.263. The molecule has 3 heteroatoms. The number of nitrogens with two attached hydrogens (primary N) is 1. The molecule has 2 N–H and O–H groups in total. The molecule has 1 fully saturated rings. The number of ether oxygens (including phenoxy) is 1. The summed E-state index contributed by atoms with van der Waals surface area (Å²) in [6.45, 7) is 2.82. The van der Waals surface area contributed by atoms with Crippen molar-refractivity contribution in [2.75, 3.05) is 18.1 Å². The minimum atomic E-state index is 0.263. The first-order chi connectivity index (χ1) is 4.84. The Kier molecular flexibility index (Phi) is 3.52. The lowest BCUT2D eigenvalue weighted by molar-refractivity contribution is 0.0456. The van der Waals surface area contributed by atoms with Gasteiger partial charge in [0, 0.05) is 18.4 Å². The Hall–Kier alpha value is 0.270. The number of hydrogen-bond acceptors (Lipinski definition) is 3. The second-order valence-corrected chi connectivity index (χ2v) is 3.67. The molecule has 2 unspecified atom stereocenters. The maximum atomic E-state index is 5.82. The van der Waals surface area contributed by atoms with Crippen molar-refractivity contribution in [2.45, 2.75) is 25.5 Å². The van der Waals surface area contributed by atoms with Gasteiger partial charge in [0.25, 0.3) is 0 Å². The van der Waals surface area contributed by atoms with Crippen LogP contribution in [0.4, 0.5) is 0 Å². The van der Waals surface area contributed by atoms with Gasteiger partial charge >= 0.3 is 0 Å². The SMILES string of the molecule is CCOC1CCSCC1N. The molecule has 0 aromatic carbocycles. The van der Waals surface area contributed by atoms with Gasteiger partial charge in [0.1, 0.15) is 0 Å². The zero-order valence-electron chi connectivity index (χ0n) is 6.38. The Balaban J connectivity index is 2.25. The molecule has 0 saturated carbocycles. The Morgan fingerprint density at radius 2 is 2.50 bits per heavy atom. The average Bonchev–Trinajstić information content (AvgIpc) is 1.94. The Morgan fingerprint density at radius 1 is 1.70 bits per heavy atom. The standard InChI is InChI=1S/C7H15NOS/c1-2-9-7-3-4-10-5-6(7)8/h6-7H,2-5,8H2,1H3. The monoisotopic (exact) mass is 161 g/mol. The van der Waals surface area contributed by atoms with Gasteiger partial charge in [0.2, 0.25) is 0 Å². The zero-order chi connectivity index (χ0) is 7.40. The van der Waals surface area contributed by atoms with Gasteiger partial charge in [-0.3, -0.25) is 0 Å². The van der Waals surface area contributed by atoms with E-state index in [4.69, 9.17) is 10.5 Å². The van der Waals surface area contributed by atoms with Crippen LogP contribution in [0.3, 0.4) is 0 Å². The van der Waals surface area contributed by atoms with Crippen LogP contribution in [0.2, 0.25) is 0 Å². The van der Waals surface area contributed by atoms with Gasteiger partial charge in [-0.2, -0.15) is 11.8 Å². The van der Waals surface area contributed by atoms with Gasteiger partial charge in [-0.1, -0.05) is 0 Å². The molecule has 60 valence electrons. The smallest absolute Gasteiger partial charge is 0.0741 e. The van der Waals surface area contributed by atoms with Crippen molar-refractivity contribution < 1.29 is 4.74 Å². The number of hydrogen-bond donors (Lipinski definition) is 1. The number of rotatable bonds is 2. The fraction of sp³-hybridized carbons (Fsp3) is 1.00. The maximum absolute atomic E-state index is 5.82. The predicted molar refractivity (Wildman–Crippen MR) is 45.3 cm³/mol. The Bertz CT molecular complexity index is 97.6. The molecular weight excluding hydrogens is 146 g/mol. The van der Waals surface area contributed by atoms with Crippen LogP contribution < -0.4 is 5.73 Å². The van der Waals surface area contributed by atoms with E-state index in [9.17, 15) is 0 Å². The van der Waals surface area contributed by atoms with Crippen LogP contribution in [0.15, 0.2) is 0 Å². The van der Waals surface area contributed by atoms with Crippen molar-refractivity contribution in [3.8, 4) is 0 Å². The molecule has 1 saturated heterocycles. The van der Waals surface area contributed by atoms with Gasteiger partial charge in [-0.15, -0.1) is 0 Å². The molecule has 1 aliphatic heterocycles. The van der Waals surface area contributed by atoms with E-state index in [1.807, 2.05) is 18.7 Å². The van der Waals surface area contributed by atoms with E-state index in [0.717, 1.165) is 18.8 Å². The molecule has 0 spiro atoms. The van der Waals surface area contributed by atoms with Crippen LogP contribution in [-0.4, -0.2) is 30.3 Å². The summed E-state index contributed by atoms with van der Waals surface area (Å²) in [5, 5.41) is 0. The van der Waals surface area contributed by atoms with E-state index >= 15 is 0 Å². The highest BCUT2D eigenvalue weighted by Crippen LogP contribution is 2.18. The first kappa shape index (κ1) is 8.37. The first-order valence-corrected chi connectivity index (χ1v) is 4.95. The minimum Gasteiger partial charge on any atom is -0.377 e. The highest BCUT2D eigenvalue weighted by molar-refractivity contribution is 7.99. The molecule has 10 heavy (non-hydrogen) atoms. The third-order valence-corrected chi connectivity index (χ3v) is 2.86. The van der Waals surface area contributed by atoms with Gasteiger partial charge in [0.05, 0.1) is 6.10 Å². The lowest BCUT2D eigenvalue weighted by Gasteiger charge is -2.27. The second kappa shape index (κ2) is 4.21. The van der Waals surface area contributed by atoms with Crippen molar-refractivity contribution >= 4 is 11.8 Å². The van der Waals surface area contributed by atoms with Gasteiger partial charge in [-0.25, -0.2) is 0 Å². The third-order valence-electron chi connectivity index (χ3n) is 1.72. The fourth-order valence-corrected chi connectivity index (χ4v) is 2.21. The van der Waals surface area contributed by atoms with Crippen molar-refractivity contribution in [3.05, 3.63) is 0 Å². The van der Waals surface area contributed by atoms with Crippen LogP contribution in [0.5, 0.6) is 0 Å². The molecule has 1 aliphatic rings. The molecular formula is C7H15NOS. The van der Waals surface area contributed by atoms with E-state index in [1.54, 1.807) is 0 Å². The van der Waals surface area contributed by atoms with Crippen LogP contribution in [-0.2, 0) is 4.74 Å². The summed E-state index contributed by atoms with van der Waals surface area (Å²) in [4.78, 5) is 0. The van der Waals surface area contributed by atoms with E-state index in [2.05, 4.69) is 0 Å². The summed E-state index contributed by atoms with van der Waals surface area (Å²) in [7, 11) is 0. The highest BCUT2D eigenvalue weighted by Gasteiger charge is 2.21. The lowest BCUT2D eigenvalue weighted by atomic mass is 10.1. The van der Waals surface area contributed by atoms with Gasteiger partial charge < -0.3 is 10.5 Å². The zero-order valence-corrected chi connectivity index (χ0v) is 7.19. The summed E-state index contributed by atoms with van der Waals surface area (Å²) in [5.41, 5.74) is 5.82. The first-order valence-electron chi connectivity index (χ1n) is 3.79. The van der Waals surface area contributed by atoms with E-state index in [0.29, 0.717) is 6.10 Å². The summed E-state index contributed by atoms with van der Waals surface area (Å²) in [6.07, 6.45) is 1.45. The predicted octanol–water partition coefficient (Wildman–Crippen LogP) is 0.856. The van der Waals surface area contributed by atoms with Crippen LogP contribution in [0, 0.1) is 0 Å². The summed E-state index contributed by atoms with van der Waals surface area (Å²) in [5.74, 6) is 2.27. The quantitative estimate of drug-likeness (QED) is 0.652. The molecule has 0 bridgehead atoms.